The lowest BCUT2D eigenvalue weighted by Gasteiger charge is -2.36. The van der Waals surface area contributed by atoms with Crippen molar-refractivity contribution in [3.63, 3.8) is 0 Å². The number of pyridine rings is 1. The van der Waals surface area contributed by atoms with Gasteiger partial charge in [0.25, 0.3) is 0 Å². The summed E-state index contributed by atoms with van der Waals surface area (Å²) in [6, 6.07) is 4.62. The van der Waals surface area contributed by atoms with Crippen LogP contribution in [0.1, 0.15) is 32.9 Å². The molecule has 2 aromatic heterocycles. The highest BCUT2D eigenvalue weighted by atomic mass is 28.4. The molecule has 4 rings (SSSR count). The average molecular weight is 573 g/mol. The first-order chi connectivity index (χ1) is 18.9. The molecule has 0 bridgehead atoms. The predicted molar refractivity (Wildman–Crippen MR) is 155 cm³/mol. The van der Waals surface area contributed by atoms with Crippen molar-refractivity contribution in [1.29, 1.82) is 0 Å². The SMILES string of the molecule is COc1cc(OC)c(F)c(N(CCCO[Si](C)(C)C(C)(C)C)c2ccc3ncc(C4=CN(C)NC4)nc3n2)c1F. The number of hydrogen-bond acceptors (Lipinski definition) is 9. The van der Waals surface area contributed by atoms with Gasteiger partial charge in [0.05, 0.1) is 26.1 Å². The lowest BCUT2D eigenvalue weighted by molar-refractivity contribution is 0.284. The van der Waals surface area contributed by atoms with E-state index in [1.165, 1.54) is 25.2 Å². The van der Waals surface area contributed by atoms with Crippen molar-refractivity contribution in [2.24, 2.45) is 0 Å². The Kier molecular flexibility index (Phi) is 8.62. The Bertz CT molecular complexity index is 1380. The fraction of sp³-hybridized carbons (Fsp3) is 0.464. The first-order valence-corrected chi connectivity index (χ1v) is 16.1. The molecule has 0 amide bonds. The summed E-state index contributed by atoms with van der Waals surface area (Å²) in [7, 11) is 2.55. The molecule has 0 atom stereocenters. The molecule has 1 aromatic carbocycles. The standard InChI is InChI=1S/C28H38F2N6O3Si/c1-28(2,3)40(7,8)39-13-9-12-36(26-24(29)21(37-5)14-22(38-6)25(26)30)23-11-10-19-27(34-23)33-20(16-31-19)18-15-32-35(4)17-18/h10-11,14,16-17,32H,9,12-13,15H2,1-8H3. The van der Waals surface area contributed by atoms with E-state index in [-0.39, 0.29) is 28.8 Å². The number of aromatic nitrogens is 3. The highest BCUT2D eigenvalue weighted by Crippen LogP contribution is 2.40. The van der Waals surface area contributed by atoms with Crippen molar-refractivity contribution in [3.8, 4) is 11.5 Å². The molecule has 0 saturated heterocycles. The number of fused-ring (bicyclic) bond motifs is 1. The van der Waals surface area contributed by atoms with E-state index in [9.17, 15) is 0 Å². The lowest BCUT2D eigenvalue weighted by atomic mass is 10.2. The predicted octanol–water partition coefficient (Wildman–Crippen LogP) is 5.66. The maximum absolute atomic E-state index is 15.7. The van der Waals surface area contributed by atoms with Gasteiger partial charge in [-0.1, -0.05) is 20.8 Å². The molecule has 1 N–H and O–H groups in total. The number of ether oxygens (including phenoxy) is 2. The number of nitrogens with one attached hydrogen (secondary N) is 1. The van der Waals surface area contributed by atoms with Crippen molar-refractivity contribution in [2.45, 2.75) is 45.3 Å². The van der Waals surface area contributed by atoms with E-state index in [1.807, 2.05) is 18.3 Å². The van der Waals surface area contributed by atoms with Gasteiger partial charge in [0.1, 0.15) is 17.0 Å². The molecule has 3 heterocycles. The Morgan fingerprint density at radius 1 is 1.07 bits per heavy atom. The van der Waals surface area contributed by atoms with Gasteiger partial charge in [0, 0.05) is 44.6 Å². The molecule has 0 aliphatic carbocycles. The molecule has 40 heavy (non-hydrogen) atoms. The quantitative estimate of drug-likeness (QED) is 0.244. The third-order valence-electron chi connectivity index (χ3n) is 7.48. The fourth-order valence-corrected chi connectivity index (χ4v) is 5.19. The second-order valence-electron chi connectivity index (χ2n) is 11.2. The summed E-state index contributed by atoms with van der Waals surface area (Å²) in [6.45, 7) is 12.1. The van der Waals surface area contributed by atoms with Gasteiger partial charge in [-0.05, 0) is 36.7 Å². The Morgan fingerprint density at radius 3 is 2.33 bits per heavy atom. The Hall–Kier alpha value is -3.35. The van der Waals surface area contributed by atoms with E-state index in [1.54, 1.807) is 18.3 Å². The smallest absolute Gasteiger partial charge is 0.191 e. The van der Waals surface area contributed by atoms with Crippen LogP contribution in [-0.2, 0) is 4.43 Å². The molecule has 1 aliphatic heterocycles. The number of anilines is 2. The first-order valence-electron chi connectivity index (χ1n) is 13.2. The number of hydrogen-bond donors (Lipinski definition) is 1. The highest BCUT2D eigenvalue weighted by Gasteiger charge is 2.37. The van der Waals surface area contributed by atoms with Gasteiger partial charge in [0.15, 0.2) is 37.1 Å². The Balaban J connectivity index is 1.75. The Labute approximate surface area is 235 Å². The molecule has 0 spiro atoms. The molecular weight excluding hydrogens is 534 g/mol. The van der Waals surface area contributed by atoms with Crippen LogP contribution in [0.2, 0.25) is 18.1 Å². The molecule has 1 aliphatic rings. The van der Waals surface area contributed by atoms with Crippen LogP contribution in [0.4, 0.5) is 20.3 Å². The van der Waals surface area contributed by atoms with Gasteiger partial charge >= 0.3 is 0 Å². The summed E-state index contributed by atoms with van der Waals surface area (Å²) < 4.78 is 48.1. The van der Waals surface area contributed by atoms with Gasteiger partial charge < -0.3 is 23.8 Å². The molecule has 0 unspecified atom stereocenters. The fourth-order valence-electron chi connectivity index (χ4n) is 4.10. The van der Waals surface area contributed by atoms with Gasteiger partial charge in [-0.2, -0.15) is 0 Å². The van der Waals surface area contributed by atoms with Crippen LogP contribution in [-0.4, -0.2) is 69.2 Å². The molecule has 0 saturated carbocycles. The van der Waals surface area contributed by atoms with E-state index in [2.05, 4.69) is 44.3 Å². The average Bonchev–Trinajstić information content (AvgIpc) is 3.35. The summed E-state index contributed by atoms with van der Waals surface area (Å²) in [4.78, 5) is 15.4. The van der Waals surface area contributed by atoms with Gasteiger partial charge in [0.2, 0.25) is 0 Å². The molecule has 0 fully saturated rings. The van der Waals surface area contributed by atoms with Crippen LogP contribution in [0.5, 0.6) is 11.5 Å². The monoisotopic (exact) mass is 572 g/mol. The van der Waals surface area contributed by atoms with Crippen molar-refractivity contribution in [2.75, 3.05) is 45.9 Å². The van der Waals surface area contributed by atoms with Gasteiger partial charge in [-0.15, -0.1) is 0 Å². The minimum Gasteiger partial charge on any atom is -0.493 e. The van der Waals surface area contributed by atoms with E-state index >= 15 is 8.78 Å². The Morgan fingerprint density at radius 2 is 1.75 bits per heavy atom. The zero-order valence-electron chi connectivity index (χ0n) is 24.4. The molecule has 216 valence electrons. The van der Waals surface area contributed by atoms with Gasteiger partial charge in [-0.25, -0.2) is 24.2 Å². The summed E-state index contributed by atoms with van der Waals surface area (Å²) in [5.74, 6) is -1.65. The van der Waals surface area contributed by atoms with E-state index < -0.39 is 20.0 Å². The van der Waals surface area contributed by atoms with E-state index in [0.717, 1.165) is 5.57 Å². The van der Waals surface area contributed by atoms with Gasteiger partial charge in [-0.3, -0.25) is 4.98 Å². The topological polar surface area (TPSA) is 84.9 Å². The first kappa shape index (κ1) is 29.6. The van der Waals surface area contributed by atoms with E-state index in [4.69, 9.17) is 23.9 Å². The molecule has 9 nitrogen and oxygen atoms in total. The highest BCUT2D eigenvalue weighted by molar-refractivity contribution is 6.74. The van der Waals surface area contributed by atoms with Crippen LogP contribution in [0.25, 0.3) is 16.7 Å². The normalized spacial score (nSPS) is 14.1. The van der Waals surface area contributed by atoms with Crippen molar-refractivity contribution < 1.29 is 22.7 Å². The number of benzene rings is 1. The van der Waals surface area contributed by atoms with Crippen LogP contribution in [0.15, 0.2) is 30.6 Å². The lowest BCUT2D eigenvalue weighted by Crippen LogP contribution is -2.41. The zero-order chi connectivity index (χ0) is 29.2. The van der Waals surface area contributed by atoms with E-state index in [0.29, 0.717) is 42.2 Å². The number of halogens is 2. The van der Waals surface area contributed by atoms with Crippen molar-refractivity contribution >= 4 is 36.6 Å². The number of rotatable bonds is 10. The summed E-state index contributed by atoms with van der Waals surface area (Å²) in [5, 5.41) is 1.89. The summed E-state index contributed by atoms with van der Waals surface area (Å²) in [6.07, 6.45) is 4.13. The van der Waals surface area contributed by atoms with Crippen LogP contribution in [0.3, 0.4) is 0 Å². The van der Waals surface area contributed by atoms with Crippen LogP contribution in [0, 0.1) is 11.6 Å². The molecule has 3 aromatic rings. The second kappa shape index (κ2) is 11.6. The maximum atomic E-state index is 15.7. The summed E-state index contributed by atoms with van der Waals surface area (Å²) >= 11 is 0. The third kappa shape index (κ3) is 6.03. The molecule has 0 radical (unpaired) electrons. The molecular formula is C28H38F2N6O3Si. The minimum absolute atomic E-state index is 0.0421. The largest absolute Gasteiger partial charge is 0.493 e. The number of methoxy groups -OCH3 is 2. The zero-order valence-corrected chi connectivity index (χ0v) is 25.4. The second-order valence-corrected chi connectivity index (χ2v) is 16.0. The molecule has 12 heteroatoms. The minimum atomic E-state index is -2.00. The summed E-state index contributed by atoms with van der Waals surface area (Å²) in [5.41, 5.74) is 5.42. The van der Waals surface area contributed by atoms with Crippen LogP contribution < -0.4 is 19.8 Å². The number of hydrazine groups is 1. The van der Waals surface area contributed by atoms with Crippen molar-refractivity contribution in [1.82, 2.24) is 25.4 Å². The third-order valence-corrected chi connectivity index (χ3v) is 12.0. The van der Waals surface area contributed by atoms with Crippen molar-refractivity contribution in [3.05, 3.63) is 47.9 Å². The van der Waals surface area contributed by atoms with Crippen LogP contribution >= 0.6 is 0 Å². The maximum Gasteiger partial charge on any atom is 0.191 e. The number of nitrogens with zero attached hydrogens (tertiary/aromatic N) is 5.